The second kappa shape index (κ2) is 12.3. The zero-order valence-electron chi connectivity index (χ0n) is 21.4. The van der Waals surface area contributed by atoms with Gasteiger partial charge in [-0.2, -0.15) is 17.2 Å². The average molecular weight is 643 g/mol. The standard InChI is InChI=1S/C15H12NO2.C13H24O2.Ir/c1-10-7-11(2)9-12(8-10)18-15-13-4-6-17-14(13)3-5-16-15;1-7-12(3,4)10(14)9-11(15)13(5,6)8-2;/h3-8H,1-2H3;9,14H,7-8H2,1-6H3;/q-1;;/b;10-9-;. The van der Waals surface area contributed by atoms with E-state index in [1.54, 1.807) is 12.5 Å². The van der Waals surface area contributed by atoms with Gasteiger partial charge in [0.2, 0.25) is 5.88 Å². The molecule has 187 valence electrons. The molecule has 0 amide bonds. The minimum Gasteiger partial charge on any atom is -0.512 e. The van der Waals surface area contributed by atoms with Crippen molar-refractivity contribution in [3.05, 3.63) is 65.8 Å². The van der Waals surface area contributed by atoms with Gasteiger partial charge in [0.05, 0.1) is 11.6 Å². The van der Waals surface area contributed by atoms with Gasteiger partial charge in [-0.05, 0) is 25.0 Å². The van der Waals surface area contributed by atoms with E-state index in [2.05, 4.69) is 17.1 Å². The molecule has 1 radical (unpaired) electrons. The second-order valence-corrected chi connectivity index (χ2v) is 9.62. The van der Waals surface area contributed by atoms with Crippen molar-refractivity contribution in [2.75, 3.05) is 0 Å². The SMILES string of the molecule is CCC(C)(C)C(=O)/C=C(\O)C(C)(C)CC.Cc1[c-]c(Oc2nccc3occc23)cc(C)c1.[Ir]. The fourth-order valence-electron chi connectivity index (χ4n) is 2.84. The third kappa shape index (κ3) is 7.82. The van der Waals surface area contributed by atoms with E-state index in [1.165, 1.54) is 6.08 Å². The van der Waals surface area contributed by atoms with E-state index in [0.29, 0.717) is 11.6 Å². The first-order chi connectivity index (χ1) is 15.4. The number of nitrogens with zero attached hydrogens (tertiary/aromatic N) is 1. The number of pyridine rings is 1. The van der Waals surface area contributed by atoms with Crippen LogP contribution >= 0.6 is 0 Å². The number of aromatic nitrogens is 1. The first-order valence-electron chi connectivity index (χ1n) is 11.4. The zero-order chi connectivity index (χ0) is 24.8. The van der Waals surface area contributed by atoms with Crippen LogP contribution in [0.2, 0.25) is 0 Å². The smallest absolute Gasteiger partial charge is 0.228 e. The molecule has 5 nitrogen and oxygen atoms in total. The fourth-order valence-corrected chi connectivity index (χ4v) is 2.84. The number of hydrogen-bond donors (Lipinski definition) is 1. The Morgan fingerprint density at radius 3 is 2.35 bits per heavy atom. The van der Waals surface area contributed by atoms with Gasteiger partial charge in [0, 0.05) is 49.0 Å². The van der Waals surface area contributed by atoms with E-state index in [-0.39, 0.29) is 42.5 Å². The number of ether oxygens (including phenoxy) is 1. The third-order valence-electron chi connectivity index (χ3n) is 6.07. The molecular weight excluding hydrogens is 607 g/mol. The van der Waals surface area contributed by atoms with Crippen molar-refractivity contribution >= 4 is 16.8 Å². The monoisotopic (exact) mass is 643 g/mol. The predicted octanol–water partition coefficient (Wildman–Crippen LogP) is 7.90. The molecule has 0 spiro atoms. The predicted molar refractivity (Wildman–Crippen MR) is 133 cm³/mol. The molecule has 3 rings (SSSR count). The van der Waals surface area contributed by atoms with Crippen LogP contribution in [-0.4, -0.2) is 15.9 Å². The number of carbonyl (C=O) groups is 1. The molecule has 0 bridgehead atoms. The molecular formula is C28H36IrNO4-. The molecule has 0 aliphatic heterocycles. The van der Waals surface area contributed by atoms with Gasteiger partial charge in [-0.3, -0.25) is 4.79 Å². The molecule has 0 fully saturated rings. The average Bonchev–Trinajstić information content (AvgIpc) is 3.23. The summed E-state index contributed by atoms with van der Waals surface area (Å²) in [7, 11) is 0. The van der Waals surface area contributed by atoms with Gasteiger partial charge < -0.3 is 14.3 Å². The summed E-state index contributed by atoms with van der Waals surface area (Å²) in [5, 5.41) is 10.7. The number of fused-ring (bicyclic) bond motifs is 1. The maximum Gasteiger partial charge on any atom is 0.228 e. The zero-order valence-corrected chi connectivity index (χ0v) is 23.8. The maximum absolute atomic E-state index is 11.8. The summed E-state index contributed by atoms with van der Waals surface area (Å²) in [6.45, 7) is 15.7. The molecule has 1 N–H and O–H groups in total. The summed E-state index contributed by atoms with van der Waals surface area (Å²) in [5.74, 6) is 1.41. The van der Waals surface area contributed by atoms with Gasteiger partial charge in [0.25, 0.3) is 0 Å². The number of aliphatic hydroxyl groups excluding tert-OH is 1. The van der Waals surface area contributed by atoms with Crippen molar-refractivity contribution in [3.8, 4) is 11.6 Å². The van der Waals surface area contributed by atoms with E-state index < -0.39 is 0 Å². The Kier molecular flexibility index (Phi) is 10.7. The van der Waals surface area contributed by atoms with Crippen molar-refractivity contribution < 1.29 is 39.2 Å². The van der Waals surface area contributed by atoms with E-state index in [9.17, 15) is 9.90 Å². The van der Waals surface area contributed by atoms with Crippen LogP contribution in [0.5, 0.6) is 11.6 Å². The number of aryl methyl sites for hydroxylation is 2. The Morgan fingerprint density at radius 2 is 1.76 bits per heavy atom. The summed E-state index contributed by atoms with van der Waals surface area (Å²) >= 11 is 0. The van der Waals surface area contributed by atoms with Crippen molar-refractivity contribution in [2.45, 2.75) is 68.2 Å². The minimum absolute atomic E-state index is 0. The van der Waals surface area contributed by atoms with E-state index in [0.717, 1.165) is 34.9 Å². The van der Waals surface area contributed by atoms with Gasteiger partial charge in [-0.1, -0.05) is 55.4 Å². The normalized spacial score (nSPS) is 11.9. The van der Waals surface area contributed by atoms with Crippen LogP contribution in [-0.2, 0) is 24.9 Å². The number of furan rings is 1. The molecule has 0 saturated heterocycles. The largest absolute Gasteiger partial charge is 0.512 e. The molecule has 34 heavy (non-hydrogen) atoms. The van der Waals surface area contributed by atoms with Crippen LogP contribution in [0.3, 0.4) is 0 Å². The van der Waals surface area contributed by atoms with Gasteiger partial charge >= 0.3 is 0 Å². The summed E-state index contributed by atoms with van der Waals surface area (Å²) in [5.41, 5.74) is 2.27. The third-order valence-corrected chi connectivity index (χ3v) is 6.07. The van der Waals surface area contributed by atoms with Gasteiger partial charge in [0.15, 0.2) is 5.78 Å². The van der Waals surface area contributed by atoms with Gasteiger partial charge in [-0.15, -0.1) is 12.1 Å². The molecule has 0 atom stereocenters. The Labute approximate surface area is 217 Å². The van der Waals surface area contributed by atoms with Crippen molar-refractivity contribution in [2.24, 2.45) is 10.8 Å². The first-order valence-corrected chi connectivity index (χ1v) is 11.4. The molecule has 2 heterocycles. The summed E-state index contributed by atoms with van der Waals surface area (Å²) in [4.78, 5) is 16.1. The van der Waals surface area contributed by atoms with E-state index in [4.69, 9.17) is 9.15 Å². The Morgan fingerprint density at radius 1 is 1.12 bits per heavy atom. The van der Waals surface area contributed by atoms with Crippen LogP contribution in [0.15, 0.2) is 53.0 Å². The quantitative estimate of drug-likeness (QED) is 0.161. The van der Waals surface area contributed by atoms with E-state index >= 15 is 0 Å². The number of rotatable bonds is 7. The summed E-state index contributed by atoms with van der Waals surface area (Å²) in [6.07, 6.45) is 6.29. The Bertz CT molecular complexity index is 1110. The molecule has 0 unspecified atom stereocenters. The number of carbonyl (C=O) groups excluding carboxylic acids is 1. The second-order valence-electron chi connectivity index (χ2n) is 9.62. The van der Waals surface area contributed by atoms with Gasteiger partial charge in [-0.25, -0.2) is 4.98 Å². The van der Waals surface area contributed by atoms with Crippen molar-refractivity contribution in [1.82, 2.24) is 4.98 Å². The first kappa shape index (κ1) is 29.6. The number of benzene rings is 1. The van der Waals surface area contributed by atoms with Crippen LogP contribution in [0, 0.1) is 30.7 Å². The topological polar surface area (TPSA) is 72.6 Å². The number of hydrogen-bond acceptors (Lipinski definition) is 5. The summed E-state index contributed by atoms with van der Waals surface area (Å²) < 4.78 is 11.1. The summed E-state index contributed by atoms with van der Waals surface area (Å²) in [6, 6.07) is 10.8. The number of allylic oxidation sites excluding steroid dienone is 2. The minimum atomic E-state index is -0.377. The van der Waals surface area contributed by atoms with Crippen LogP contribution in [0.1, 0.15) is 65.5 Å². The van der Waals surface area contributed by atoms with Crippen LogP contribution in [0.25, 0.3) is 11.0 Å². The molecule has 1 aromatic carbocycles. The molecule has 2 aromatic heterocycles. The number of ketones is 1. The van der Waals surface area contributed by atoms with Crippen LogP contribution < -0.4 is 4.74 Å². The van der Waals surface area contributed by atoms with E-state index in [1.807, 2.05) is 73.6 Å². The Hall–Kier alpha value is -2.43. The molecule has 3 aromatic rings. The van der Waals surface area contributed by atoms with Gasteiger partial charge in [0.1, 0.15) is 11.3 Å². The van der Waals surface area contributed by atoms with Crippen LogP contribution in [0.4, 0.5) is 0 Å². The molecule has 0 aliphatic carbocycles. The molecule has 0 aliphatic rings. The van der Waals surface area contributed by atoms with Crippen molar-refractivity contribution in [1.29, 1.82) is 0 Å². The number of aliphatic hydroxyl groups is 1. The molecule has 0 saturated carbocycles. The molecule has 6 heteroatoms. The maximum atomic E-state index is 11.8. The Balaban J connectivity index is 0.000000338. The van der Waals surface area contributed by atoms with Crippen molar-refractivity contribution in [3.63, 3.8) is 0 Å². The fraction of sp³-hybridized carbons (Fsp3) is 0.429.